The van der Waals surface area contributed by atoms with E-state index in [1.807, 2.05) is 0 Å². The summed E-state index contributed by atoms with van der Waals surface area (Å²) < 4.78 is 22.5. The lowest BCUT2D eigenvalue weighted by Crippen LogP contribution is -2.20. The summed E-state index contributed by atoms with van der Waals surface area (Å²) >= 11 is 0. The second kappa shape index (κ2) is 4.44. The number of nitrogen functional groups attached to an aromatic ring is 1. The van der Waals surface area contributed by atoms with E-state index < -0.39 is 10.0 Å². The van der Waals surface area contributed by atoms with Gasteiger partial charge in [0.05, 0.1) is 5.69 Å². The minimum atomic E-state index is -3.74. The highest BCUT2D eigenvalue weighted by Crippen LogP contribution is 2.30. The zero-order valence-electron chi connectivity index (χ0n) is 10.6. The van der Waals surface area contributed by atoms with Crippen LogP contribution in [-0.4, -0.2) is 21.5 Å². The van der Waals surface area contributed by atoms with Crippen LogP contribution in [0.2, 0.25) is 0 Å². The third-order valence-electron chi connectivity index (χ3n) is 3.65. The number of primary sulfonamides is 1. The van der Waals surface area contributed by atoms with Crippen LogP contribution in [0.3, 0.4) is 0 Å². The highest BCUT2D eigenvalue weighted by atomic mass is 32.2. The number of nitrogens with zero attached hydrogens (tertiary/aromatic N) is 1. The van der Waals surface area contributed by atoms with Gasteiger partial charge in [-0.3, -0.25) is 0 Å². The van der Waals surface area contributed by atoms with Gasteiger partial charge in [-0.15, -0.1) is 0 Å². The van der Waals surface area contributed by atoms with Crippen molar-refractivity contribution in [1.29, 1.82) is 0 Å². The summed E-state index contributed by atoms with van der Waals surface area (Å²) in [5, 5.41) is 5.08. The Morgan fingerprint density at radius 3 is 2.22 bits per heavy atom. The molecule has 0 bridgehead atoms. The molecule has 0 radical (unpaired) electrons. The molecule has 1 aromatic carbocycles. The maximum absolute atomic E-state index is 11.3. The van der Waals surface area contributed by atoms with Gasteiger partial charge in [-0.25, -0.2) is 13.6 Å². The highest BCUT2D eigenvalue weighted by molar-refractivity contribution is 7.89. The lowest BCUT2D eigenvalue weighted by molar-refractivity contribution is 0.494. The molecule has 5 nitrogen and oxygen atoms in total. The van der Waals surface area contributed by atoms with E-state index in [4.69, 9.17) is 10.9 Å². The van der Waals surface area contributed by atoms with Crippen LogP contribution in [0, 0.1) is 11.8 Å². The predicted molar refractivity (Wildman–Crippen MR) is 72.8 cm³/mol. The van der Waals surface area contributed by atoms with Crippen molar-refractivity contribution < 1.29 is 8.42 Å². The SMILES string of the molecule is CC1CN(c2ccc(S(N)(=O)=O)c(N)c2)CC1C. The summed E-state index contributed by atoms with van der Waals surface area (Å²) in [5.41, 5.74) is 6.92. The van der Waals surface area contributed by atoms with E-state index in [0.29, 0.717) is 11.8 Å². The van der Waals surface area contributed by atoms with Gasteiger partial charge in [-0.05, 0) is 30.0 Å². The van der Waals surface area contributed by atoms with Crippen molar-refractivity contribution in [2.24, 2.45) is 17.0 Å². The largest absolute Gasteiger partial charge is 0.398 e. The molecular weight excluding hydrogens is 250 g/mol. The van der Waals surface area contributed by atoms with Crippen molar-refractivity contribution in [3.8, 4) is 0 Å². The zero-order chi connectivity index (χ0) is 13.5. The Hall–Kier alpha value is -1.27. The summed E-state index contributed by atoms with van der Waals surface area (Å²) in [6, 6.07) is 4.93. The summed E-state index contributed by atoms with van der Waals surface area (Å²) in [7, 11) is -3.74. The Balaban J connectivity index is 2.31. The van der Waals surface area contributed by atoms with E-state index in [1.165, 1.54) is 6.07 Å². The Morgan fingerprint density at radius 1 is 1.22 bits per heavy atom. The average Bonchev–Trinajstić information content (AvgIpc) is 2.57. The number of sulfonamides is 1. The second-order valence-corrected chi connectivity index (χ2v) is 6.66. The Bertz CT molecular complexity index is 546. The summed E-state index contributed by atoms with van der Waals surface area (Å²) in [6.45, 7) is 6.37. The van der Waals surface area contributed by atoms with Crippen LogP contribution in [0.1, 0.15) is 13.8 Å². The summed E-state index contributed by atoms with van der Waals surface area (Å²) in [6.07, 6.45) is 0. The van der Waals surface area contributed by atoms with Gasteiger partial charge < -0.3 is 10.6 Å². The van der Waals surface area contributed by atoms with E-state index in [1.54, 1.807) is 12.1 Å². The molecule has 4 N–H and O–H groups in total. The molecule has 1 heterocycles. The molecule has 1 fully saturated rings. The van der Waals surface area contributed by atoms with Gasteiger partial charge >= 0.3 is 0 Å². The maximum atomic E-state index is 11.3. The van der Waals surface area contributed by atoms with E-state index >= 15 is 0 Å². The molecule has 18 heavy (non-hydrogen) atoms. The van der Waals surface area contributed by atoms with E-state index in [0.717, 1.165) is 18.8 Å². The number of rotatable bonds is 2. The van der Waals surface area contributed by atoms with Gasteiger partial charge in [0.1, 0.15) is 4.90 Å². The molecule has 0 amide bonds. The van der Waals surface area contributed by atoms with Crippen LogP contribution in [0.4, 0.5) is 11.4 Å². The molecule has 1 saturated heterocycles. The minimum absolute atomic E-state index is 0.00783. The average molecular weight is 269 g/mol. The first kappa shape index (κ1) is 13.2. The Kier molecular flexibility index (Phi) is 3.25. The molecule has 0 spiro atoms. The van der Waals surface area contributed by atoms with Gasteiger partial charge in [0.15, 0.2) is 0 Å². The molecule has 2 unspecified atom stereocenters. The standard InChI is InChI=1S/C12H19N3O2S/c1-8-6-15(7-9(8)2)10-3-4-12(11(13)5-10)18(14,16)17/h3-5,8-9H,6-7,13H2,1-2H3,(H2,14,16,17). The van der Waals surface area contributed by atoms with E-state index in [-0.39, 0.29) is 10.6 Å². The first-order valence-electron chi connectivity index (χ1n) is 5.96. The Morgan fingerprint density at radius 2 is 1.78 bits per heavy atom. The van der Waals surface area contributed by atoms with Crippen molar-refractivity contribution in [1.82, 2.24) is 0 Å². The maximum Gasteiger partial charge on any atom is 0.240 e. The molecule has 0 saturated carbocycles. The molecule has 6 heteroatoms. The number of benzene rings is 1. The van der Waals surface area contributed by atoms with Crippen molar-refractivity contribution in [3.05, 3.63) is 18.2 Å². The van der Waals surface area contributed by atoms with Crippen LogP contribution in [0.5, 0.6) is 0 Å². The van der Waals surface area contributed by atoms with Gasteiger partial charge in [0, 0.05) is 18.8 Å². The van der Waals surface area contributed by atoms with Gasteiger partial charge in [0.2, 0.25) is 10.0 Å². The molecule has 100 valence electrons. The van der Waals surface area contributed by atoms with Crippen LogP contribution in [-0.2, 0) is 10.0 Å². The predicted octanol–water partition coefficient (Wildman–Crippen LogP) is 1.01. The Labute approximate surface area is 108 Å². The number of anilines is 2. The van der Waals surface area contributed by atoms with Crippen LogP contribution >= 0.6 is 0 Å². The summed E-state index contributed by atoms with van der Waals surface area (Å²) in [4.78, 5) is 2.21. The van der Waals surface area contributed by atoms with Gasteiger partial charge in [0.25, 0.3) is 0 Å². The molecule has 2 rings (SSSR count). The van der Waals surface area contributed by atoms with Crippen molar-refractivity contribution in [2.75, 3.05) is 23.7 Å². The number of nitrogens with two attached hydrogens (primary N) is 2. The highest BCUT2D eigenvalue weighted by Gasteiger charge is 2.26. The van der Waals surface area contributed by atoms with Crippen molar-refractivity contribution in [2.45, 2.75) is 18.7 Å². The fourth-order valence-corrected chi connectivity index (χ4v) is 2.98. The third-order valence-corrected chi connectivity index (χ3v) is 4.64. The third kappa shape index (κ3) is 2.44. The first-order chi connectivity index (χ1) is 8.29. The first-order valence-corrected chi connectivity index (χ1v) is 7.51. The topological polar surface area (TPSA) is 89.4 Å². The van der Waals surface area contributed by atoms with E-state index in [2.05, 4.69) is 18.7 Å². The fourth-order valence-electron chi connectivity index (χ4n) is 2.33. The van der Waals surface area contributed by atoms with E-state index in [9.17, 15) is 8.42 Å². The van der Waals surface area contributed by atoms with Crippen LogP contribution in [0.15, 0.2) is 23.1 Å². The number of hydrogen-bond donors (Lipinski definition) is 2. The fraction of sp³-hybridized carbons (Fsp3) is 0.500. The van der Waals surface area contributed by atoms with Crippen LogP contribution < -0.4 is 15.8 Å². The molecule has 0 aromatic heterocycles. The van der Waals surface area contributed by atoms with Gasteiger partial charge in [-0.1, -0.05) is 13.8 Å². The zero-order valence-corrected chi connectivity index (χ0v) is 11.4. The second-order valence-electron chi connectivity index (χ2n) is 5.13. The normalized spacial score (nSPS) is 24.5. The number of hydrogen-bond acceptors (Lipinski definition) is 4. The van der Waals surface area contributed by atoms with Crippen LogP contribution in [0.25, 0.3) is 0 Å². The van der Waals surface area contributed by atoms with Crippen molar-refractivity contribution in [3.63, 3.8) is 0 Å². The lowest BCUT2D eigenvalue weighted by atomic mass is 10.0. The molecular formula is C12H19N3O2S. The summed E-state index contributed by atoms with van der Waals surface area (Å²) in [5.74, 6) is 1.26. The van der Waals surface area contributed by atoms with Crippen molar-refractivity contribution >= 4 is 21.4 Å². The molecule has 0 aliphatic carbocycles. The molecule has 1 aliphatic heterocycles. The van der Waals surface area contributed by atoms with Gasteiger partial charge in [-0.2, -0.15) is 0 Å². The monoisotopic (exact) mass is 269 g/mol. The molecule has 1 aromatic rings. The quantitative estimate of drug-likeness (QED) is 0.784. The molecule has 1 aliphatic rings. The molecule has 2 atom stereocenters. The smallest absolute Gasteiger partial charge is 0.240 e. The minimum Gasteiger partial charge on any atom is -0.398 e. The lowest BCUT2D eigenvalue weighted by Gasteiger charge is -2.19.